The van der Waals surface area contributed by atoms with E-state index < -0.39 is 12.1 Å². The Bertz CT molecular complexity index is 595. The summed E-state index contributed by atoms with van der Waals surface area (Å²) in [5.41, 5.74) is 1.41. The summed E-state index contributed by atoms with van der Waals surface area (Å²) in [5, 5.41) is 29.4. The molecule has 6 atom stereocenters. The van der Waals surface area contributed by atoms with Crippen LogP contribution in [0.2, 0.25) is 0 Å². The van der Waals surface area contributed by atoms with Crippen molar-refractivity contribution in [1.29, 1.82) is 0 Å². The molecule has 3 N–H and O–H groups in total. The molecule has 0 aliphatic heterocycles. The van der Waals surface area contributed by atoms with Crippen molar-refractivity contribution in [3.63, 3.8) is 0 Å². The van der Waals surface area contributed by atoms with Crippen molar-refractivity contribution >= 4 is 5.97 Å². The van der Waals surface area contributed by atoms with E-state index in [0.717, 1.165) is 25.7 Å². The standard InChI is InChI=1S/C22H32O4/c1-3-4-7-15(2)20(23)11-10-18-19-13-16(8-5-6-9-22(25)26)12-17(19)14-21(18)24/h8,10-11,15,17-21,23-24H,5-7,9,12-14H2,1-2H3,(H,25,26)/b11-10+,16-8+/t15-,17?,18+,19-,20+,21+/m0/s1. The first-order valence-electron chi connectivity index (χ1n) is 9.76. The fraction of sp³-hybridized carbons (Fsp3) is 0.682. The molecule has 2 saturated carbocycles. The van der Waals surface area contributed by atoms with Crippen molar-refractivity contribution in [3.05, 3.63) is 23.8 Å². The van der Waals surface area contributed by atoms with Crippen LogP contribution in [0, 0.1) is 35.5 Å². The van der Waals surface area contributed by atoms with Crippen LogP contribution in [0.4, 0.5) is 0 Å². The monoisotopic (exact) mass is 360 g/mol. The molecule has 0 aromatic carbocycles. The summed E-state index contributed by atoms with van der Waals surface area (Å²) >= 11 is 0. The van der Waals surface area contributed by atoms with Gasteiger partial charge in [-0.25, -0.2) is 0 Å². The van der Waals surface area contributed by atoms with Gasteiger partial charge in [-0.1, -0.05) is 30.7 Å². The highest BCUT2D eigenvalue weighted by Crippen LogP contribution is 2.50. The van der Waals surface area contributed by atoms with E-state index in [0.29, 0.717) is 24.7 Å². The van der Waals surface area contributed by atoms with Gasteiger partial charge >= 0.3 is 5.97 Å². The van der Waals surface area contributed by atoms with Gasteiger partial charge in [0.25, 0.3) is 0 Å². The molecule has 0 spiro atoms. The van der Waals surface area contributed by atoms with E-state index in [9.17, 15) is 15.0 Å². The van der Waals surface area contributed by atoms with Gasteiger partial charge in [-0.3, -0.25) is 4.79 Å². The van der Waals surface area contributed by atoms with Gasteiger partial charge in [-0.15, -0.1) is 11.8 Å². The van der Waals surface area contributed by atoms with Crippen molar-refractivity contribution in [3.8, 4) is 11.8 Å². The Balaban J connectivity index is 1.89. The van der Waals surface area contributed by atoms with E-state index in [-0.39, 0.29) is 24.4 Å². The number of carboxylic acids is 1. The maximum absolute atomic E-state index is 10.6. The second kappa shape index (κ2) is 9.94. The van der Waals surface area contributed by atoms with Crippen LogP contribution < -0.4 is 0 Å². The minimum atomic E-state index is -0.738. The van der Waals surface area contributed by atoms with Crippen LogP contribution in [0.15, 0.2) is 23.8 Å². The minimum absolute atomic E-state index is 0.0845. The number of rotatable bonds is 8. The topological polar surface area (TPSA) is 77.8 Å². The summed E-state index contributed by atoms with van der Waals surface area (Å²) in [6.07, 6.45) is 10.4. The fourth-order valence-electron chi connectivity index (χ4n) is 4.31. The molecular formula is C22H32O4. The molecule has 2 rings (SSSR count). The van der Waals surface area contributed by atoms with Crippen molar-refractivity contribution in [2.45, 2.75) is 71.0 Å². The van der Waals surface area contributed by atoms with Crippen molar-refractivity contribution in [2.24, 2.45) is 23.7 Å². The minimum Gasteiger partial charge on any atom is -0.481 e. The maximum atomic E-state index is 10.6. The van der Waals surface area contributed by atoms with Gasteiger partial charge < -0.3 is 15.3 Å². The van der Waals surface area contributed by atoms with E-state index in [1.54, 1.807) is 6.92 Å². The zero-order valence-electron chi connectivity index (χ0n) is 15.9. The van der Waals surface area contributed by atoms with Crippen molar-refractivity contribution in [2.75, 3.05) is 0 Å². The number of hydrogen-bond donors (Lipinski definition) is 3. The van der Waals surface area contributed by atoms with Gasteiger partial charge in [0.1, 0.15) is 0 Å². The lowest BCUT2D eigenvalue weighted by Crippen LogP contribution is -2.19. The van der Waals surface area contributed by atoms with Crippen LogP contribution in [0.25, 0.3) is 0 Å². The van der Waals surface area contributed by atoms with Crippen LogP contribution in [0.1, 0.15) is 58.8 Å². The Morgan fingerprint density at radius 1 is 1.38 bits per heavy atom. The molecule has 1 unspecified atom stereocenters. The molecule has 4 heteroatoms. The summed E-state index contributed by atoms with van der Waals surface area (Å²) in [6, 6.07) is 0. The first kappa shape index (κ1) is 20.7. The van der Waals surface area contributed by atoms with E-state index >= 15 is 0 Å². The van der Waals surface area contributed by atoms with E-state index in [1.807, 2.05) is 19.1 Å². The third-order valence-electron chi connectivity index (χ3n) is 5.85. The first-order chi connectivity index (χ1) is 12.4. The predicted octanol–water partition coefficient (Wildman–Crippen LogP) is 3.54. The van der Waals surface area contributed by atoms with Gasteiger partial charge in [0, 0.05) is 18.8 Å². The molecule has 4 nitrogen and oxygen atoms in total. The number of allylic oxidation sites excluding steroid dienone is 2. The second-order valence-electron chi connectivity index (χ2n) is 7.84. The first-order valence-corrected chi connectivity index (χ1v) is 9.76. The molecule has 0 bridgehead atoms. The van der Waals surface area contributed by atoms with Crippen LogP contribution in [-0.4, -0.2) is 33.5 Å². The average molecular weight is 360 g/mol. The van der Waals surface area contributed by atoms with E-state index in [4.69, 9.17) is 5.11 Å². The lowest BCUT2D eigenvalue weighted by molar-refractivity contribution is -0.137. The molecule has 144 valence electrons. The molecule has 2 fully saturated rings. The van der Waals surface area contributed by atoms with Crippen LogP contribution >= 0.6 is 0 Å². The zero-order valence-corrected chi connectivity index (χ0v) is 15.9. The molecule has 0 aromatic rings. The van der Waals surface area contributed by atoms with Crippen LogP contribution in [-0.2, 0) is 4.79 Å². The summed E-state index contributed by atoms with van der Waals surface area (Å²) < 4.78 is 0. The molecule has 2 aliphatic rings. The highest BCUT2D eigenvalue weighted by atomic mass is 16.4. The van der Waals surface area contributed by atoms with Crippen LogP contribution in [0.5, 0.6) is 0 Å². The highest BCUT2D eigenvalue weighted by molar-refractivity contribution is 5.66. The SMILES string of the molecule is CC#CC[C@H](C)[C@H](O)/C=C/[C@H]1[C@H](O)CC2C/C(=C\CCCC(=O)O)C[C@@H]21. The summed E-state index contributed by atoms with van der Waals surface area (Å²) in [4.78, 5) is 10.6. The Kier molecular flexibility index (Phi) is 7.93. The number of fused-ring (bicyclic) bond motifs is 1. The number of hydrogen-bond acceptors (Lipinski definition) is 3. The van der Waals surface area contributed by atoms with E-state index in [2.05, 4.69) is 17.9 Å². The van der Waals surface area contributed by atoms with E-state index in [1.165, 1.54) is 5.57 Å². The van der Waals surface area contributed by atoms with Gasteiger partial charge in [0.15, 0.2) is 0 Å². The van der Waals surface area contributed by atoms with Crippen molar-refractivity contribution in [1.82, 2.24) is 0 Å². The Hall–Kier alpha value is -1.57. The third-order valence-corrected chi connectivity index (χ3v) is 5.85. The Morgan fingerprint density at radius 2 is 2.15 bits per heavy atom. The largest absolute Gasteiger partial charge is 0.481 e. The number of unbranched alkanes of at least 4 members (excludes halogenated alkanes) is 1. The molecule has 26 heavy (non-hydrogen) atoms. The van der Waals surface area contributed by atoms with Gasteiger partial charge in [0.2, 0.25) is 0 Å². The quantitative estimate of drug-likeness (QED) is 0.351. The average Bonchev–Trinajstić information content (AvgIpc) is 3.10. The lowest BCUT2D eigenvalue weighted by Gasteiger charge is -2.19. The number of aliphatic carboxylic acids is 1. The number of aliphatic hydroxyl groups excluding tert-OH is 2. The second-order valence-corrected chi connectivity index (χ2v) is 7.84. The molecule has 0 aromatic heterocycles. The number of carbonyl (C=O) groups is 1. The van der Waals surface area contributed by atoms with Gasteiger partial charge in [-0.2, -0.15) is 0 Å². The Morgan fingerprint density at radius 3 is 2.85 bits per heavy atom. The highest BCUT2D eigenvalue weighted by Gasteiger charge is 2.44. The van der Waals surface area contributed by atoms with Gasteiger partial charge in [-0.05, 0) is 56.8 Å². The number of carboxylic acid groups (broad SMARTS) is 1. The molecular weight excluding hydrogens is 328 g/mol. The molecule has 0 saturated heterocycles. The van der Waals surface area contributed by atoms with Crippen molar-refractivity contribution < 1.29 is 20.1 Å². The van der Waals surface area contributed by atoms with Crippen LogP contribution in [0.3, 0.4) is 0 Å². The summed E-state index contributed by atoms with van der Waals surface area (Å²) in [6.45, 7) is 3.79. The summed E-state index contributed by atoms with van der Waals surface area (Å²) in [5.74, 6) is 6.25. The predicted molar refractivity (Wildman–Crippen MR) is 102 cm³/mol. The zero-order chi connectivity index (χ0) is 19.1. The molecule has 0 radical (unpaired) electrons. The third kappa shape index (κ3) is 5.72. The fourth-order valence-corrected chi connectivity index (χ4v) is 4.31. The number of aliphatic hydroxyl groups is 2. The summed E-state index contributed by atoms with van der Waals surface area (Å²) in [7, 11) is 0. The lowest BCUT2D eigenvalue weighted by atomic mass is 9.89. The molecule has 0 heterocycles. The van der Waals surface area contributed by atoms with Gasteiger partial charge in [0.05, 0.1) is 12.2 Å². The maximum Gasteiger partial charge on any atom is 0.303 e. The molecule has 0 amide bonds. The normalized spacial score (nSPS) is 31.6. The Labute approximate surface area is 157 Å². The smallest absolute Gasteiger partial charge is 0.303 e. The molecule has 2 aliphatic carbocycles.